The monoisotopic (exact) mass is 400 g/mol. The van der Waals surface area contributed by atoms with Crippen molar-refractivity contribution in [2.24, 2.45) is 0 Å². The molecule has 1 atom stereocenters. The Kier molecular flexibility index (Phi) is 5.04. The highest BCUT2D eigenvalue weighted by molar-refractivity contribution is 9.10. The highest BCUT2D eigenvalue weighted by Crippen LogP contribution is 2.38. The van der Waals surface area contributed by atoms with Gasteiger partial charge in [-0.1, -0.05) is 34.1 Å². The summed E-state index contributed by atoms with van der Waals surface area (Å²) in [4.78, 5) is 14.2. The Bertz CT molecular complexity index is 731. The molecule has 0 amide bonds. The van der Waals surface area contributed by atoms with Gasteiger partial charge >= 0.3 is 0 Å². The van der Waals surface area contributed by atoms with Crippen LogP contribution in [0.15, 0.2) is 41.0 Å². The molecular weight excluding hydrogens is 376 g/mol. The second-order valence-electron chi connectivity index (χ2n) is 7.28. The van der Waals surface area contributed by atoms with E-state index in [9.17, 15) is 0 Å². The third kappa shape index (κ3) is 4.04. The topological polar surface area (TPSA) is 32.3 Å². The van der Waals surface area contributed by atoms with Crippen LogP contribution >= 0.6 is 15.9 Å². The second kappa shape index (κ2) is 7.42. The van der Waals surface area contributed by atoms with Crippen LogP contribution in [0, 0.1) is 0 Å². The summed E-state index contributed by atoms with van der Waals surface area (Å²) in [5, 5.41) is 0. The van der Waals surface area contributed by atoms with E-state index in [0.29, 0.717) is 12.0 Å². The molecule has 0 spiro atoms. The smallest absolute Gasteiger partial charge is 0.133 e. The van der Waals surface area contributed by atoms with Gasteiger partial charge in [0, 0.05) is 42.8 Å². The molecular formula is C20H25BrN4. The number of piperidine rings is 1. The molecule has 2 heterocycles. The fourth-order valence-electron chi connectivity index (χ4n) is 3.64. The van der Waals surface area contributed by atoms with Crippen LogP contribution in [0.2, 0.25) is 0 Å². The average Bonchev–Trinajstić information content (AvgIpc) is 3.49. The maximum Gasteiger partial charge on any atom is 0.133 e. The van der Waals surface area contributed by atoms with Crippen molar-refractivity contribution >= 4 is 21.7 Å². The number of likely N-dealkylation sites (tertiary alicyclic amines) is 1. The highest BCUT2D eigenvalue weighted by Gasteiger charge is 2.28. The minimum Gasteiger partial charge on any atom is -0.355 e. The maximum absolute atomic E-state index is 4.82. The van der Waals surface area contributed by atoms with E-state index >= 15 is 0 Å². The number of halogens is 1. The molecule has 1 aliphatic carbocycles. The van der Waals surface area contributed by atoms with E-state index in [2.05, 4.69) is 68.1 Å². The van der Waals surface area contributed by atoms with Gasteiger partial charge in [0.1, 0.15) is 11.6 Å². The Morgan fingerprint density at radius 1 is 1.20 bits per heavy atom. The first-order valence-corrected chi connectivity index (χ1v) is 10.0. The summed E-state index contributed by atoms with van der Waals surface area (Å²) in [6.07, 6.45) is 6.88. The van der Waals surface area contributed by atoms with Gasteiger partial charge in [0.2, 0.25) is 0 Å². The minimum atomic E-state index is 0.512. The molecule has 25 heavy (non-hydrogen) atoms. The molecule has 2 aliphatic rings. The fourth-order valence-corrected chi connectivity index (χ4v) is 4.05. The maximum atomic E-state index is 4.82. The number of benzene rings is 1. The zero-order valence-corrected chi connectivity index (χ0v) is 16.3. The first kappa shape index (κ1) is 17.0. The van der Waals surface area contributed by atoms with Crippen molar-refractivity contribution in [1.29, 1.82) is 0 Å². The van der Waals surface area contributed by atoms with Crippen molar-refractivity contribution in [2.45, 2.75) is 44.2 Å². The summed E-state index contributed by atoms with van der Waals surface area (Å²) >= 11 is 3.68. The lowest BCUT2D eigenvalue weighted by Gasteiger charge is -2.38. The molecule has 1 aliphatic heterocycles. The quantitative estimate of drug-likeness (QED) is 0.751. The van der Waals surface area contributed by atoms with Crippen LogP contribution in [0.1, 0.15) is 43.0 Å². The van der Waals surface area contributed by atoms with E-state index in [-0.39, 0.29) is 0 Å². The summed E-state index contributed by atoms with van der Waals surface area (Å²) in [7, 11) is 2.19. The molecule has 5 heteroatoms. The molecule has 132 valence electrons. The predicted molar refractivity (Wildman–Crippen MR) is 105 cm³/mol. The number of aromatic nitrogens is 2. The third-order valence-electron chi connectivity index (χ3n) is 5.34. The Morgan fingerprint density at radius 2 is 2.04 bits per heavy atom. The number of likely N-dealkylation sites (N-methyl/N-ethyl adjacent to an activating group) is 1. The normalized spacial score (nSPS) is 21.3. The van der Waals surface area contributed by atoms with E-state index in [0.717, 1.165) is 24.7 Å². The van der Waals surface area contributed by atoms with Crippen molar-refractivity contribution in [3.63, 3.8) is 0 Å². The first-order valence-electron chi connectivity index (χ1n) is 9.22. The van der Waals surface area contributed by atoms with E-state index in [1.54, 1.807) is 0 Å². The number of hydrogen-bond donors (Lipinski definition) is 0. The number of nitrogens with zero attached hydrogens (tertiary/aromatic N) is 4. The van der Waals surface area contributed by atoms with Gasteiger partial charge in [-0.05, 0) is 49.9 Å². The molecule has 4 nitrogen and oxygen atoms in total. The molecule has 1 unspecified atom stereocenters. The van der Waals surface area contributed by atoms with Crippen LogP contribution in [0.5, 0.6) is 0 Å². The average molecular weight is 401 g/mol. The van der Waals surface area contributed by atoms with Crippen LogP contribution in [0.4, 0.5) is 5.82 Å². The summed E-state index contributed by atoms with van der Waals surface area (Å²) in [5.41, 5.74) is 1.36. The van der Waals surface area contributed by atoms with Crippen LogP contribution in [0.3, 0.4) is 0 Å². The molecule has 1 aromatic carbocycles. The van der Waals surface area contributed by atoms with Gasteiger partial charge < -0.3 is 4.90 Å². The third-order valence-corrected chi connectivity index (χ3v) is 6.12. The van der Waals surface area contributed by atoms with Gasteiger partial charge in [-0.15, -0.1) is 0 Å². The van der Waals surface area contributed by atoms with Crippen LogP contribution in [-0.4, -0.2) is 41.0 Å². The van der Waals surface area contributed by atoms with Crippen molar-refractivity contribution < 1.29 is 0 Å². The Morgan fingerprint density at radius 3 is 2.84 bits per heavy atom. The molecule has 2 aromatic rings. The van der Waals surface area contributed by atoms with Gasteiger partial charge in [-0.25, -0.2) is 9.97 Å². The summed E-state index contributed by atoms with van der Waals surface area (Å²) < 4.78 is 1.20. The molecule has 0 bridgehead atoms. The summed E-state index contributed by atoms with van der Waals surface area (Å²) in [5.74, 6) is 2.71. The summed E-state index contributed by atoms with van der Waals surface area (Å²) in [6, 6.07) is 11.1. The fraction of sp³-hybridized carbons (Fsp3) is 0.500. The van der Waals surface area contributed by atoms with Gasteiger partial charge in [0.05, 0.1) is 0 Å². The SMILES string of the molecule is CN(c1ccnc(C2CC2)n1)C1CCCN(Cc2ccccc2Br)C1. The molecule has 0 N–H and O–H groups in total. The van der Waals surface area contributed by atoms with Gasteiger partial charge in [-0.3, -0.25) is 4.90 Å². The van der Waals surface area contributed by atoms with Crippen molar-refractivity contribution in [2.75, 3.05) is 25.0 Å². The van der Waals surface area contributed by atoms with E-state index in [4.69, 9.17) is 4.98 Å². The molecule has 0 radical (unpaired) electrons. The van der Waals surface area contributed by atoms with Gasteiger partial charge in [0.25, 0.3) is 0 Å². The van der Waals surface area contributed by atoms with E-state index in [1.165, 1.54) is 42.3 Å². The first-order chi connectivity index (χ1) is 12.2. The Balaban J connectivity index is 1.43. The molecule has 1 aromatic heterocycles. The zero-order valence-electron chi connectivity index (χ0n) is 14.7. The lowest BCUT2D eigenvalue weighted by atomic mass is 10.0. The highest BCUT2D eigenvalue weighted by atomic mass is 79.9. The lowest BCUT2D eigenvalue weighted by molar-refractivity contribution is 0.198. The minimum absolute atomic E-state index is 0.512. The number of anilines is 1. The molecule has 1 saturated carbocycles. The van der Waals surface area contributed by atoms with Crippen molar-refractivity contribution in [3.8, 4) is 0 Å². The second-order valence-corrected chi connectivity index (χ2v) is 8.14. The molecule has 4 rings (SSSR count). The Hall–Kier alpha value is -1.46. The number of rotatable bonds is 5. The van der Waals surface area contributed by atoms with Crippen molar-refractivity contribution in [3.05, 3.63) is 52.4 Å². The predicted octanol–water partition coefficient (Wildman–Crippen LogP) is 4.22. The molecule has 2 fully saturated rings. The molecule has 1 saturated heterocycles. The zero-order chi connectivity index (χ0) is 17.2. The van der Waals surface area contributed by atoms with Crippen LogP contribution in [-0.2, 0) is 6.54 Å². The number of hydrogen-bond acceptors (Lipinski definition) is 4. The summed E-state index contributed by atoms with van der Waals surface area (Å²) in [6.45, 7) is 3.26. The van der Waals surface area contributed by atoms with Gasteiger partial charge in [0.15, 0.2) is 0 Å². The van der Waals surface area contributed by atoms with Crippen LogP contribution < -0.4 is 4.90 Å². The Labute approximate surface area is 158 Å². The van der Waals surface area contributed by atoms with Crippen LogP contribution in [0.25, 0.3) is 0 Å². The van der Waals surface area contributed by atoms with Crippen molar-refractivity contribution in [1.82, 2.24) is 14.9 Å². The standard InChI is InChI=1S/C20H25BrN4/c1-24(19-10-11-22-20(23-19)15-8-9-15)17-6-4-12-25(14-17)13-16-5-2-3-7-18(16)21/h2-3,5,7,10-11,15,17H,4,6,8-9,12-14H2,1H3. The van der Waals surface area contributed by atoms with E-state index < -0.39 is 0 Å². The largest absolute Gasteiger partial charge is 0.355 e. The van der Waals surface area contributed by atoms with E-state index in [1.807, 2.05) is 6.20 Å². The lowest BCUT2D eigenvalue weighted by Crippen LogP contribution is -2.46. The van der Waals surface area contributed by atoms with Gasteiger partial charge in [-0.2, -0.15) is 0 Å².